The van der Waals surface area contributed by atoms with Gasteiger partial charge in [0.1, 0.15) is 11.0 Å². The zero-order valence-corrected chi connectivity index (χ0v) is 14.0. The van der Waals surface area contributed by atoms with Crippen molar-refractivity contribution in [1.29, 1.82) is 0 Å². The molecule has 0 radical (unpaired) electrons. The van der Waals surface area contributed by atoms with Gasteiger partial charge in [0.2, 0.25) is 0 Å². The van der Waals surface area contributed by atoms with E-state index in [1.165, 1.54) is 4.88 Å². The van der Waals surface area contributed by atoms with Gasteiger partial charge in [-0.15, -0.1) is 11.3 Å². The summed E-state index contributed by atoms with van der Waals surface area (Å²) in [5.74, 6) is -0.837. The highest BCUT2D eigenvalue weighted by Crippen LogP contribution is 2.27. The predicted octanol–water partition coefficient (Wildman–Crippen LogP) is 3.23. The van der Waals surface area contributed by atoms with Gasteiger partial charge >= 0.3 is 5.97 Å². The van der Waals surface area contributed by atoms with Crippen LogP contribution in [0.25, 0.3) is 0 Å². The summed E-state index contributed by atoms with van der Waals surface area (Å²) in [6.45, 7) is 6.91. The highest BCUT2D eigenvalue weighted by Gasteiger charge is 2.20. The molecule has 0 bridgehead atoms. The lowest BCUT2D eigenvalue weighted by Gasteiger charge is -2.15. The second kappa shape index (κ2) is 7.03. The van der Waals surface area contributed by atoms with E-state index < -0.39 is 12.0 Å². The van der Waals surface area contributed by atoms with Crippen LogP contribution in [0.4, 0.5) is 0 Å². The number of aliphatic carboxylic acids is 1. The van der Waals surface area contributed by atoms with Crippen molar-refractivity contribution in [1.82, 2.24) is 10.3 Å². The van der Waals surface area contributed by atoms with E-state index in [9.17, 15) is 9.90 Å². The monoisotopic (exact) mass is 318 g/mol. The predicted molar refractivity (Wildman–Crippen MR) is 89.2 cm³/mol. The van der Waals surface area contributed by atoms with E-state index in [2.05, 4.69) is 31.1 Å². The molecule has 2 aromatic rings. The molecule has 1 heterocycles. The number of nitrogens with one attached hydrogen (secondary N) is 1. The van der Waals surface area contributed by atoms with Crippen molar-refractivity contribution in [2.75, 3.05) is 0 Å². The lowest BCUT2D eigenvalue weighted by atomic mass is 9.96. The van der Waals surface area contributed by atoms with Gasteiger partial charge in [-0.25, -0.2) is 4.98 Å². The molecule has 2 rings (SSSR count). The Morgan fingerprint density at radius 3 is 2.55 bits per heavy atom. The molecule has 118 valence electrons. The van der Waals surface area contributed by atoms with Crippen LogP contribution in [0.1, 0.15) is 36.2 Å². The van der Waals surface area contributed by atoms with Crippen LogP contribution in [-0.4, -0.2) is 22.1 Å². The summed E-state index contributed by atoms with van der Waals surface area (Å²) in [5, 5.41) is 13.4. The van der Waals surface area contributed by atoms with Gasteiger partial charge in [-0.2, -0.15) is 0 Å². The minimum absolute atomic E-state index is 0.0756. The summed E-state index contributed by atoms with van der Waals surface area (Å²) < 4.78 is 0. The molecule has 0 saturated carbocycles. The van der Waals surface area contributed by atoms with Crippen LogP contribution in [0.15, 0.2) is 36.5 Å². The highest BCUT2D eigenvalue weighted by atomic mass is 32.1. The van der Waals surface area contributed by atoms with Crippen molar-refractivity contribution in [3.8, 4) is 0 Å². The second-order valence-corrected chi connectivity index (χ2v) is 7.44. The van der Waals surface area contributed by atoms with Crippen LogP contribution >= 0.6 is 11.3 Å². The Kier molecular flexibility index (Phi) is 5.32. The van der Waals surface area contributed by atoms with E-state index >= 15 is 0 Å². The van der Waals surface area contributed by atoms with Crippen molar-refractivity contribution in [2.45, 2.75) is 45.2 Å². The standard InChI is InChI=1S/C17H22N2O2S/c1-17(2,3)14-10-19-15(22-14)11-18-13(16(20)21)9-12-7-5-4-6-8-12/h4-8,10,13,18H,9,11H2,1-3H3,(H,20,21)/t13-/m1/s1. The Balaban J connectivity index is 1.97. The van der Waals surface area contributed by atoms with Gasteiger partial charge < -0.3 is 5.11 Å². The van der Waals surface area contributed by atoms with Crippen molar-refractivity contribution >= 4 is 17.3 Å². The third-order valence-electron chi connectivity index (χ3n) is 3.37. The normalized spacial score (nSPS) is 13.0. The quantitative estimate of drug-likeness (QED) is 0.858. The summed E-state index contributed by atoms with van der Waals surface area (Å²) in [7, 11) is 0. The average Bonchev–Trinajstić information content (AvgIpc) is 2.93. The van der Waals surface area contributed by atoms with Gasteiger partial charge in [-0.3, -0.25) is 10.1 Å². The first-order valence-corrected chi connectivity index (χ1v) is 8.13. The van der Waals surface area contributed by atoms with Gasteiger partial charge in [0, 0.05) is 17.6 Å². The summed E-state index contributed by atoms with van der Waals surface area (Å²) in [6.07, 6.45) is 2.35. The number of aromatic nitrogens is 1. The Labute approximate surface area is 135 Å². The maximum absolute atomic E-state index is 11.4. The number of benzene rings is 1. The van der Waals surface area contributed by atoms with Crippen LogP contribution < -0.4 is 5.32 Å². The van der Waals surface area contributed by atoms with E-state index in [0.717, 1.165) is 10.6 Å². The van der Waals surface area contributed by atoms with Gasteiger partial charge in [0.05, 0.1) is 0 Å². The lowest BCUT2D eigenvalue weighted by Crippen LogP contribution is -2.38. The number of hydrogen-bond donors (Lipinski definition) is 2. The van der Waals surface area contributed by atoms with Crippen molar-refractivity contribution in [3.63, 3.8) is 0 Å². The third kappa shape index (κ3) is 4.64. The number of thiazole rings is 1. The molecule has 0 aliphatic rings. The fourth-order valence-corrected chi connectivity index (χ4v) is 2.97. The molecule has 1 aromatic carbocycles. The first-order chi connectivity index (χ1) is 10.4. The van der Waals surface area contributed by atoms with E-state index in [-0.39, 0.29) is 5.41 Å². The highest BCUT2D eigenvalue weighted by molar-refractivity contribution is 7.11. The van der Waals surface area contributed by atoms with E-state index in [0.29, 0.717) is 13.0 Å². The molecule has 0 aliphatic heterocycles. The number of rotatable bonds is 6. The maximum atomic E-state index is 11.4. The zero-order valence-electron chi connectivity index (χ0n) is 13.2. The second-order valence-electron chi connectivity index (χ2n) is 6.33. The molecule has 1 atom stereocenters. The molecule has 0 saturated heterocycles. The summed E-state index contributed by atoms with van der Waals surface area (Å²) in [5.41, 5.74) is 1.09. The SMILES string of the molecule is CC(C)(C)c1cnc(CN[C@H](Cc2ccccc2)C(=O)O)s1. The molecule has 0 aliphatic carbocycles. The Hall–Kier alpha value is -1.72. The first kappa shape index (κ1) is 16.6. The number of carboxylic acid groups (broad SMARTS) is 1. The first-order valence-electron chi connectivity index (χ1n) is 7.31. The summed E-state index contributed by atoms with van der Waals surface area (Å²) in [4.78, 5) is 17.0. The van der Waals surface area contributed by atoms with Crippen LogP contribution in [-0.2, 0) is 23.2 Å². The Morgan fingerprint density at radius 2 is 2.00 bits per heavy atom. The van der Waals surface area contributed by atoms with Crippen LogP contribution in [0.5, 0.6) is 0 Å². The van der Waals surface area contributed by atoms with E-state index in [1.54, 1.807) is 11.3 Å². The molecule has 5 heteroatoms. The summed E-state index contributed by atoms with van der Waals surface area (Å²) >= 11 is 1.63. The van der Waals surface area contributed by atoms with Gasteiger partial charge in [-0.05, 0) is 17.4 Å². The zero-order chi connectivity index (χ0) is 16.2. The summed E-state index contributed by atoms with van der Waals surface area (Å²) in [6, 6.07) is 9.05. The van der Waals surface area contributed by atoms with Crippen LogP contribution in [0, 0.1) is 0 Å². The van der Waals surface area contributed by atoms with Crippen LogP contribution in [0.3, 0.4) is 0 Å². The van der Waals surface area contributed by atoms with Gasteiger partial charge in [-0.1, -0.05) is 51.1 Å². The van der Waals surface area contributed by atoms with E-state index in [4.69, 9.17) is 0 Å². The molecular formula is C17H22N2O2S. The largest absolute Gasteiger partial charge is 0.480 e. The van der Waals surface area contributed by atoms with Gasteiger partial charge in [0.15, 0.2) is 0 Å². The third-order valence-corrected chi connectivity index (χ3v) is 4.80. The lowest BCUT2D eigenvalue weighted by molar-refractivity contribution is -0.139. The molecule has 0 spiro atoms. The number of carbonyl (C=O) groups is 1. The number of nitrogens with zero attached hydrogens (tertiary/aromatic N) is 1. The minimum Gasteiger partial charge on any atom is -0.480 e. The molecule has 0 unspecified atom stereocenters. The molecule has 1 aromatic heterocycles. The number of carboxylic acids is 1. The van der Waals surface area contributed by atoms with Crippen LogP contribution in [0.2, 0.25) is 0 Å². The fourth-order valence-electron chi connectivity index (χ4n) is 2.05. The van der Waals surface area contributed by atoms with Gasteiger partial charge in [0.25, 0.3) is 0 Å². The van der Waals surface area contributed by atoms with Crippen molar-refractivity contribution in [3.05, 3.63) is 52.0 Å². The average molecular weight is 318 g/mol. The van der Waals surface area contributed by atoms with Crippen molar-refractivity contribution < 1.29 is 9.90 Å². The topological polar surface area (TPSA) is 62.2 Å². The number of hydrogen-bond acceptors (Lipinski definition) is 4. The molecule has 22 heavy (non-hydrogen) atoms. The Morgan fingerprint density at radius 1 is 1.32 bits per heavy atom. The van der Waals surface area contributed by atoms with E-state index in [1.807, 2.05) is 36.5 Å². The minimum atomic E-state index is -0.837. The molecule has 2 N–H and O–H groups in total. The smallest absolute Gasteiger partial charge is 0.321 e. The molecule has 4 nitrogen and oxygen atoms in total. The fraction of sp³-hybridized carbons (Fsp3) is 0.412. The molecular weight excluding hydrogens is 296 g/mol. The maximum Gasteiger partial charge on any atom is 0.321 e. The molecule has 0 fully saturated rings. The van der Waals surface area contributed by atoms with Crippen molar-refractivity contribution in [2.24, 2.45) is 0 Å². The molecule has 0 amide bonds. The Bertz CT molecular complexity index is 617.